The number of aromatic nitrogens is 4. The summed E-state index contributed by atoms with van der Waals surface area (Å²) in [6, 6.07) is 5.78. The summed E-state index contributed by atoms with van der Waals surface area (Å²) in [6.07, 6.45) is 6.66. The van der Waals surface area contributed by atoms with Gasteiger partial charge in [-0.1, -0.05) is 26.8 Å². The van der Waals surface area contributed by atoms with Crippen molar-refractivity contribution >= 4 is 5.82 Å². The highest BCUT2D eigenvalue weighted by Crippen LogP contribution is 2.29. The van der Waals surface area contributed by atoms with Crippen molar-refractivity contribution < 1.29 is 4.42 Å². The van der Waals surface area contributed by atoms with Crippen LogP contribution in [0.15, 0.2) is 35.0 Å². The average molecular weight is 349 g/mol. The van der Waals surface area contributed by atoms with Crippen LogP contribution in [0.25, 0.3) is 11.5 Å². The molecule has 3 aromatic heterocycles. The molecule has 6 nitrogen and oxygen atoms in total. The molecule has 3 heterocycles. The summed E-state index contributed by atoms with van der Waals surface area (Å²) < 4.78 is 5.87. The van der Waals surface area contributed by atoms with Gasteiger partial charge in [-0.05, 0) is 31.4 Å². The molecule has 0 saturated carbocycles. The molecule has 0 radical (unpaired) electrons. The number of fused-ring (bicyclic) bond motifs is 1. The van der Waals surface area contributed by atoms with Gasteiger partial charge in [0.2, 0.25) is 5.89 Å². The van der Waals surface area contributed by atoms with Crippen LogP contribution in [0.3, 0.4) is 0 Å². The first kappa shape index (κ1) is 16.7. The second-order valence-corrected chi connectivity index (χ2v) is 7.61. The van der Waals surface area contributed by atoms with Gasteiger partial charge in [0.25, 0.3) is 0 Å². The number of nitrogens with one attached hydrogen (secondary N) is 1. The molecule has 134 valence electrons. The monoisotopic (exact) mass is 349 g/mol. The molecule has 1 aliphatic carbocycles. The molecular formula is C20H23N5O. The Morgan fingerprint density at radius 2 is 2.00 bits per heavy atom. The minimum absolute atomic E-state index is 0.0481. The molecule has 0 saturated heterocycles. The highest BCUT2D eigenvalue weighted by Gasteiger charge is 2.22. The number of hydrogen-bond acceptors (Lipinski definition) is 6. The zero-order valence-electron chi connectivity index (χ0n) is 15.4. The van der Waals surface area contributed by atoms with Crippen molar-refractivity contribution in [3.63, 3.8) is 0 Å². The van der Waals surface area contributed by atoms with Crippen molar-refractivity contribution in [2.45, 2.75) is 52.0 Å². The molecule has 0 aliphatic heterocycles. The SMILES string of the molecule is CC(C)(C)c1cnc(CNc2nc(-c3ccccn3)nc3c2CCC3)o1. The molecule has 0 spiro atoms. The molecule has 0 atom stereocenters. The Labute approximate surface area is 153 Å². The predicted octanol–water partition coefficient (Wildman–Crippen LogP) is 3.92. The van der Waals surface area contributed by atoms with Crippen molar-refractivity contribution in [2.75, 3.05) is 5.32 Å². The van der Waals surface area contributed by atoms with E-state index >= 15 is 0 Å². The zero-order chi connectivity index (χ0) is 18.1. The van der Waals surface area contributed by atoms with Crippen molar-refractivity contribution in [1.82, 2.24) is 19.9 Å². The normalized spacial score (nSPS) is 13.7. The lowest BCUT2D eigenvalue weighted by Crippen LogP contribution is -2.09. The quantitative estimate of drug-likeness (QED) is 0.769. The average Bonchev–Trinajstić information content (AvgIpc) is 3.29. The molecule has 6 heteroatoms. The predicted molar refractivity (Wildman–Crippen MR) is 99.8 cm³/mol. The summed E-state index contributed by atoms with van der Waals surface area (Å²) >= 11 is 0. The Hall–Kier alpha value is -2.76. The van der Waals surface area contributed by atoms with Crippen LogP contribution in [0, 0.1) is 0 Å². The van der Waals surface area contributed by atoms with E-state index in [4.69, 9.17) is 14.4 Å². The largest absolute Gasteiger partial charge is 0.443 e. The number of aryl methyl sites for hydroxylation is 1. The fourth-order valence-corrected chi connectivity index (χ4v) is 3.09. The maximum absolute atomic E-state index is 5.87. The lowest BCUT2D eigenvalue weighted by Gasteiger charge is -2.13. The van der Waals surface area contributed by atoms with Crippen LogP contribution < -0.4 is 5.32 Å². The molecule has 3 aromatic rings. The summed E-state index contributed by atoms with van der Waals surface area (Å²) in [5, 5.41) is 3.40. The van der Waals surface area contributed by atoms with Crippen molar-refractivity contribution in [3.05, 3.63) is 53.5 Å². The smallest absolute Gasteiger partial charge is 0.213 e. The first-order chi connectivity index (χ1) is 12.5. The number of nitrogens with zero attached hydrogens (tertiary/aromatic N) is 4. The van der Waals surface area contributed by atoms with Crippen molar-refractivity contribution in [3.8, 4) is 11.5 Å². The molecule has 0 aromatic carbocycles. The van der Waals surface area contributed by atoms with E-state index in [9.17, 15) is 0 Å². The van der Waals surface area contributed by atoms with E-state index in [1.54, 1.807) is 12.4 Å². The summed E-state index contributed by atoms with van der Waals surface area (Å²) in [7, 11) is 0. The molecule has 0 fully saturated rings. The third kappa shape index (κ3) is 3.31. The van der Waals surface area contributed by atoms with Crippen LogP contribution >= 0.6 is 0 Å². The van der Waals surface area contributed by atoms with Gasteiger partial charge in [-0.3, -0.25) is 4.98 Å². The van der Waals surface area contributed by atoms with E-state index in [-0.39, 0.29) is 5.41 Å². The topological polar surface area (TPSA) is 76.7 Å². The molecule has 0 bridgehead atoms. The molecule has 1 N–H and O–H groups in total. The second-order valence-electron chi connectivity index (χ2n) is 7.61. The number of anilines is 1. The number of rotatable bonds is 4. The van der Waals surface area contributed by atoms with Gasteiger partial charge >= 0.3 is 0 Å². The van der Waals surface area contributed by atoms with Gasteiger partial charge in [-0.2, -0.15) is 0 Å². The van der Waals surface area contributed by atoms with Crippen LogP contribution in [0.1, 0.15) is 50.1 Å². The number of pyridine rings is 1. The number of hydrogen-bond donors (Lipinski definition) is 1. The highest BCUT2D eigenvalue weighted by atomic mass is 16.4. The van der Waals surface area contributed by atoms with Crippen molar-refractivity contribution in [1.29, 1.82) is 0 Å². The standard InChI is InChI=1S/C20H23N5O/c1-20(2,3)16-11-22-17(26-16)12-23-18-13-7-6-9-14(13)24-19(25-18)15-8-4-5-10-21-15/h4-5,8,10-11H,6-7,9,12H2,1-3H3,(H,23,24,25). The summed E-state index contributed by atoms with van der Waals surface area (Å²) in [5.41, 5.74) is 3.06. The Morgan fingerprint density at radius 1 is 1.12 bits per heavy atom. The van der Waals surface area contributed by atoms with Gasteiger partial charge in [-0.25, -0.2) is 15.0 Å². The van der Waals surface area contributed by atoms with E-state index < -0.39 is 0 Å². The highest BCUT2D eigenvalue weighted by molar-refractivity contribution is 5.57. The van der Waals surface area contributed by atoms with Crippen molar-refractivity contribution in [2.24, 2.45) is 0 Å². The third-order valence-corrected chi connectivity index (χ3v) is 4.53. The van der Waals surface area contributed by atoms with Gasteiger partial charge in [0.1, 0.15) is 17.3 Å². The van der Waals surface area contributed by atoms with Gasteiger partial charge < -0.3 is 9.73 Å². The van der Waals surface area contributed by atoms with Crippen LogP contribution in [0.2, 0.25) is 0 Å². The fraction of sp³-hybridized carbons (Fsp3) is 0.400. The van der Waals surface area contributed by atoms with E-state index in [0.29, 0.717) is 18.3 Å². The lowest BCUT2D eigenvalue weighted by molar-refractivity contribution is 0.385. The van der Waals surface area contributed by atoms with Crippen LogP contribution in [-0.2, 0) is 24.8 Å². The van der Waals surface area contributed by atoms with Crippen LogP contribution in [0.5, 0.6) is 0 Å². The lowest BCUT2D eigenvalue weighted by atomic mass is 9.94. The van der Waals surface area contributed by atoms with E-state index in [2.05, 4.69) is 36.1 Å². The fourth-order valence-electron chi connectivity index (χ4n) is 3.09. The molecule has 26 heavy (non-hydrogen) atoms. The maximum Gasteiger partial charge on any atom is 0.213 e. The Bertz CT molecular complexity index is 912. The molecule has 1 aliphatic rings. The second kappa shape index (κ2) is 6.52. The zero-order valence-corrected chi connectivity index (χ0v) is 15.4. The summed E-state index contributed by atoms with van der Waals surface area (Å²) in [6.45, 7) is 6.84. The molecule has 0 amide bonds. The van der Waals surface area contributed by atoms with E-state index in [1.807, 2.05) is 18.2 Å². The molecular weight excluding hydrogens is 326 g/mol. The molecule has 0 unspecified atom stereocenters. The van der Waals surface area contributed by atoms with E-state index in [0.717, 1.165) is 42.2 Å². The summed E-state index contributed by atoms with van der Waals surface area (Å²) in [5.74, 6) is 3.08. The maximum atomic E-state index is 5.87. The van der Waals surface area contributed by atoms with Gasteiger partial charge in [-0.15, -0.1) is 0 Å². The minimum Gasteiger partial charge on any atom is -0.443 e. The Balaban J connectivity index is 1.60. The van der Waals surface area contributed by atoms with Gasteiger partial charge in [0, 0.05) is 22.9 Å². The van der Waals surface area contributed by atoms with Gasteiger partial charge in [0.05, 0.1) is 12.7 Å². The Kier molecular flexibility index (Phi) is 4.18. The number of oxazole rings is 1. The van der Waals surface area contributed by atoms with Crippen LogP contribution in [-0.4, -0.2) is 19.9 Å². The van der Waals surface area contributed by atoms with Gasteiger partial charge in [0.15, 0.2) is 5.82 Å². The summed E-state index contributed by atoms with van der Waals surface area (Å²) in [4.78, 5) is 18.2. The first-order valence-corrected chi connectivity index (χ1v) is 9.01. The third-order valence-electron chi connectivity index (χ3n) is 4.53. The van der Waals surface area contributed by atoms with Crippen LogP contribution in [0.4, 0.5) is 5.82 Å². The molecule has 4 rings (SSSR count). The Morgan fingerprint density at radius 3 is 2.73 bits per heavy atom. The first-order valence-electron chi connectivity index (χ1n) is 9.01. The minimum atomic E-state index is -0.0481. The van der Waals surface area contributed by atoms with E-state index in [1.165, 1.54) is 5.56 Å².